The van der Waals surface area contributed by atoms with Crippen LogP contribution >= 0.6 is 11.6 Å². The van der Waals surface area contributed by atoms with Crippen molar-refractivity contribution in [2.45, 2.75) is 6.29 Å². The summed E-state index contributed by atoms with van der Waals surface area (Å²) in [5, 5.41) is 11.7. The average molecular weight is 306 g/mol. The molecule has 108 valence electrons. The molecule has 2 aromatic carbocycles. The second-order valence-corrected chi connectivity index (χ2v) is 5.02. The molecule has 0 aliphatic carbocycles. The molecule has 1 aliphatic heterocycles. The van der Waals surface area contributed by atoms with Crippen LogP contribution in [0, 0.1) is 10.1 Å². The van der Waals surface area contributed by atoms with Crippen molar-refractivity contribution in [2.75, 3.05) is 13.2 Å². The van der Waals surface area contributed by atoms with Crippen LogP contribution in [0.15, 0.2) is 42.5 Å². The molecule has 0 N–H and O–H groups in total. The highest BCUT2D eigenvalue weighted by Gasteiger charge is 2.25. The third kappa shape index (κ3) is 2.76. The average Bonchev–Trinajstić information content (AvgIpc) is 3.01. The van der Waals surface area contributed by atoms with Crippen molar-refractivity contribution in [1.82, 2.24) is 0 Å². The molecule has 0 saturated carbocycles. The predicted molar refractivity (Wildman–Crippen MR) is 78.2 cm³/mol. The molecule has 6 heteroatoms. The third-order valence-electron chi connectivity index (χ3n) is 3.28. The Kier molecular flexibility index (Phi) is 3.88. The zero-order valence-electron chi connectivity index (χ0n) is 11.0. The smallest absolute Gasteiger partial charge is 0.277 e. The van der Waals surface area contributed by atoms with E-state index >= 15 is 0 Å². The van der Waals surface area contributed by atoms with Crippen molar-refractivity contribution in [3.8, 4) is 11.1 Å². The van der Waals surface area contributed by atoms with E-state index in [0.717, 1.165) is 0 Å². The fourth-order valence-electron chi connectivity index (χ4n) is 2.37. The van der Waals surface area contributed by atoms with Crippen LogP contribution in [0.25, 0.3) is 11.1 Å². The van der Waals surface area contributed by atoms with Crippen LogP contribution in [0.4, 0.5) is 5.69 Å². The molecule has 21 heavy (non-hydrogen) atoms. The maximum atomic E-state index is 11.2. The lowest BCUT2D eigenvalue weighted by Gasteiger charge is -2.15. The lowest BCUT2D eigenvalue weighted by molar-refractivity contribution is -0.384. The number of para-hydroxylation sites is 1. The highest BCUT2D eigenvalue weighted by molar-refractivity contribution is 6.30. The minimum Gasteiger partial charge on any atom is -0.346 e. The molecule has 1 fully saturated rings. The van der Waals surface area contributed by atoms with Crippen LogP contribution in [0.1, 0.15) is 11.9 Å². The molecule has 0 radical (unpaired) electrons. The van der Waals surface area contributed by atoms with Crippen LogP contribution in [-0.2, 0) is 9.47 Å². The topological polar surface area (TPSA) is 61.6 Å². The number of hydrogen-bond donors (Lipinski definition) is 0. The Bertz CT molecular complexity index is 683. The SMILES string of the molecule is O=[N+]([O-])c1ccccc1-c1ccc(Cl)cc1C1OCCO1. The molecular formula is C15H12ClNO4. The van der Waals surface area contributed by atoms with Crippen LogP contribution in [0.2, 0.25) is 5.02 Å². The van der Waals surface area contributed by atoms with E-state index in [1.807, 2.05) is 0 Å². The molecule has 3 rings (SSSR count). The first-order chi connectivity index (χ1) is 10.2. The summed E-state index contributed by atoms with van der Waals surface area (Å²) in [5.41, 5.74) is 1.96. The summed E-state index contributed by atoms with van der Waals surface area (Å²) in [7, 11) is 0. The van der Waals surface area contributed by atoms with Gasteiger partial charge in [0.15, 0.2) is 6.29 Å². The monoisotopic (exact) mass is 305 g/mol. The second kappa shape index (κ2) is 5.81. The van der Waals surface area contributed by atoms with Gasteiger partial charge in [0.2, 0.25) is 0 Å². The molecule has 0 unspecified atom stereocenters. The molecule has 1 aliphatic rings. The standard InChI is InChI=1S/C15H12ClNO4/c16-10-5-6-11(13(9-10)15-20-7-8-21-15)12-3-1-2-4-14(12)17(18)19/h1-6,9,15H,7-8H2. The molecule has 5 nitrogen and oxygen atoms in total. The van der Waals surface area contributed by atoms with Gasteiger partial charge >= 0.3 is 0 Å². The number of halogens is 1. The van der Waals surface area contributed by atoms with E-state index < -0.39 is 11.2 Å². The molecule has 0 atom stereocenters. The van der Waals surface area contributed by atoms with Crippen LogP contribution in [-0.4, -0.2) is 18.1 Å². The summed E-state index contributed by atoms with van der Waals surface area (Å²) in [6.07, 6.45) is -0.543. The van der Waals surface area contributed by atoms with Gasteiger partial charge in [-0.3, -0.25) is 10.1 Å². The zero-order chi connectivity index (χ0) is 14.8. The Balaban J connectivity index is 2.16. The quantitative estimate of drug-likeness (QED) is 0.636. The third-order valence-corrected chi connectivity index (χ3v) is 3.52. The maximum Gasteiger partial charge on any atom is 0.277 e. The maximum absolute atomic E-state index is 11.2. The summed E-state index contributed by atoms with van der Waals surface area (Å²) in [5.74, 6) is 0. The second-order valence-electron chi connectivity index (χ2n) is 4.58. The van der Waals surface area contributed by atoms with Gasteiger partial charge in [-0.25, -0.2) is 0 Å². The van der Waals surface area contributed by atoms with E-state index in [1.54, 1.807) is 36.4 Å². The molecule has 0 spiro atoms. The first-order valence-corrected chi connectivity index (χ1v) is 6.81. The molecule has 2 aromatic rings. The number of nitro groups is 1. The van der Waals surface area contributed by atoms with E-state index in [1.165, 1.54) is 6.07 Å². The molecule has 0 bridgehead atoms. The minimum atomic E-state index is -0.543. The molecule has 1 heterocycles. The number of ether oxygens (including phenoxy) is 2. The number of hydrogen-bond acceptors (Lipinski definition) is 4. The Hall–Kier alpha value is -1.95. The zero-order valence-corrected chi connectivity index (χ0v) is 11.7. The Morgan fingerprint density at radius 2 is 1.81 bits per heavy atom. The van der Waals surface area contributed by atoms with Gasteiger partial charge in [0, 0.05) is 16.7 Å². The van der Waals surface area contributed by atoms with Gasteiger partial charge in [-0.1, -0.05) is 29.8 Å². The van der Waals surface area contributed by atoms with E-state index in [-0.39, 0.29) is 5.69 Å². The Labute approximate surface area is 126 Å². The normalized spacial score (nSPS) is 15.3. The van der Waals surface area contributed by atoms with E-state index in [9.17, 15) is 10.1 Å². The Morgan fingerprint density at radius 3 is 2.52 bits per heavy atom. The van der Waals surface area contributed by atoms with E-state index in [2.05, 4.69) is 0 Å². The van der Waals surface area contributed by atoms with E-state index in [0.29, 0.717) is 34.9 Å². The fourth-order valence-corrected chi connectivity index (χ4v) is 2.55. The van der Waals surface area contributed by atoms with Crippen LogP contribution < -0.4 is 0 Å². The summed E-state index contributed by atoms with van der Waals surface area (Å²) in [6, 6.07) is 11.8. The summed E-state index contributed by atoms with van der Waals surface area (Å²) in [4.78, 5) is 10.8. The van der Waals surface area contributed by atoms with Crippen LogP contribution in [0.5, 0.6) is 0 Å². The van der Waals surface area contributed by atoms with E-state index in [4.69, 9.17) is 21.1 Å². The van der Waals surface area contributed by atoms with Gasteiger partial charge in [-0.2, -0.15) is 0 Å². The number of nitro benzene ring substituents is 1. The first kappa shape index (κ1) is 14.0. The summed E-state index contributed by atoms with van der Waals surface area (Å²) in [6.45, 7) is 0.987. The van der Waals surface area contributed by atoms with Crippen LogP contribution in [0.3, 0.4) is 0 Å². The van der Waals surface area contributed by atoms with Gasteiger partial charge in [-0.15, -0.1) is 0 Å². The van der Waals surface area contributed by atoms with Gasteiger partial charge in [0.1, 0.15) is 0 Å². The number of rotatable bonds is 3. The predicted octanol–water partition coefficient (Wildman–Crippen LogP) is 3.96. The molecule has 1 saturated heterocycles. The number of benzene rings is 2. The largest absolute Gasteiger partial charge is 0.346 e. The Morgan fingerprint density at radius 1 is 1.10 bits per heavy atom. The molecule has 0 aromatic heterocycles. The molecular weight excluding hydrogens is 294 g/mol. The molecule has 0 amide bonds. The van der Waals surface area contributed by atoms with Crippen molar-refractivity contribution in [2.24, 2.45) is 0 Å². The van der Waals surface area contributed by atoms with Gasteiger partial charge in [0.05, 0.1) is 23.7 Å². The lowest BCUT2D eigenvalue weighted by Crippen LogP contribution is -2.02. The van der Waals surface area contributed by atoms with Gasteiger partial charge < -0.3 is 9.47 Å². The van der Waals surface area contributed by atoms with Crippen molar-refractivity contribution in [3.63, 3.8) is 0 Å². The van der Waals surface area contributed by atoms with Gasteiger partial charge in [-0.05, 0) is 23.8 Å². The van der Waals surface area contributed by atoms with Crippen molar-refractivity contribution < 1.29 is 14.4 Å². The van der Waals surface area contributed by atoms with Crippen molar-refractivity contribution in [3.05, 3.63) is 63.2 Å². The van der Waals surface area contributed by atoms with Gasteiger partial charge in [0.25, 0.3) is 5.69 Å². The highest BCUT2D eigenvalue weighted by atomic mass is 35.5. The minimum absolute atomic E-state index is 0.0408. The lowest BCUT2D eigenvalue weighted by atomic mass is 9.98. The summed E-state index contributed by atoms with van der Waals surface area (Å²) >= 11 is 6.04. The van der Waals surface area contributed by atoms with Crippen molar-refractivity contribution >= 4 is 17.3 Å². The highest BCUT2D eigenvalue weighted by Crippen LogP contribution is 2.38. The first-order valence-electron chi connectivity index (χ1n) is 6.43. The van der Waals surface area contributed by atoms with Crippen molar-refractivity contribution in [1.29, 1.82) is 0 Å². The number of nitrogens with zero attached hydrogens (tertiary/aromatic N) is 1. The fraction of sp³-hybridized carbons (Fsp3) is 0.200. The summed E-state index contributed by atoms with van der Waals surface area (Å²) < 4.78 is 11.0.